The van der Waals surface area contributed by atoms with Crippen molar-refractivity contribution in [3.63, 3.8) is 0 Å². The molecule has 0 aliphatic heterocycles. The van der Waals surface area contributed by atoms with Gasteiger partial charge in [-0.05, 0) is 69.4 Å². The standard InChI is InChI=1S/C30H21NS2/c1-2-6-26(7-3-1)31-27(22-10-14-24(15-11-22)29-8-4-20-32-29)18-19-28(31)23-12-16-25(17-13-23)30-9-5-21-33-30/h1-21H. The molecule has 6 aromatic rings. The monoisotopic (exact) mass is 459 g/mol. The zero-order chi connectivity index (χ0) is 22.0. The summed E-state index contributed by atoms with van der Waals surface area (Å²) in [4.78, 5) is 2.60. The molecule has 1 nitrogen and oxygen atoms in total. The molecule has 3 heteroatoms. The molecular weight excluding hydrogens is 438 g/mol. The third-order valence-corrected chi connectivity index (χ3v) is 7.71. The lowest BCUT2D eigenvalue weighted by molar-refractivity contribution is 1.09. The lowest BCUT2D eigenvalue weighted by Crippen LogP contribution is -1.99. The average Bonchev–Trinajstić information content (AvgIpc) is 3.67. The van der Waals surface area contributed by atoms with Crippen LogP contribution in [0.5, 0.6) is 0 Å². The van der Waals surface area contributed by atoms with Gasteiger partial charge in [0.25, 0.3) is 0 Å². The molecule has 158 valence electrons. The van der Waals surface area contributed by atoms with Crippen molar-refractivity contribution in [2.24, 2.45) is 0 Å². The van der Waals surface area contributed by atoms with Crippen molar-refractivity contribution in [1.29, 1.82) is 0 Å². The third-order valence-electron chi connectivity index (χ3n) is 5.87. The molecule has 3 aromatic carbocycles. The van der Waals surface area contributed by atoms with Crippen LogP contribution in [-0.4, -0.2) is 4.57 Å². The highest BCUT2D eigenvalue weighted by atomic mass is 32.1. The first-order chi connectivity index (χ1) is 16.4. The van der Waals surface area contributed by atoms with Crippen LogP contribution in [0.25, 0.3) is 49.1 Å². The molecular formula is C30H21NS2. The number of thiophene rings is 2. The predicted molar refractivity (Wildman–Crippen MR) is 143 cm³/mol. The van der Waals surface area contributed by atoms with Gasteiger partial charge in [-0.3, -0.25) is 0 Å². The van der Waals surface area contributed by atoms with Gasteiger partial charge >= 0.3 is 0 Å². The zero-order valence-electron chi connectivity index (χ0n) is 17.9. The van der Waals surface area contributed by atoms with E-state index in [9.17, 15) is 0 Å². The largest absolute Gasteiger partial charge is 0.309 e. The Morgan fingerprint density at radius 2 is 0.848 bits per heavy atom. The SMILES string of the molecule is c1ccc(-n2c(-c3ccc(-c4cccs4)cc3)ccc2-c2ccc(-c3cccs3)cc2)cc1. The minimum absolute atomic E-state index is 1.16. The van der Waals surface area contributed by atoms with E-state index in [1.807, 2.05) is 0 Å². The Morgan fingerprint density at radius 1 is 0.394 bits per heavy atom. The minimum atomic E-state index is 1.16. The summed E-state index contributed by atoms with van der Waals surface area (Å²) >= 11 is 3.55. The van der Waals surface area contributed by atoms with Crippen LogP contribution in [0.2, 0.25) is 0 Å². The maximum absolute atomic E-state index is 2.36. The Labute approximate surface area is 201 Å². The number of rotatable bonds is 5. The summed E-state index contributed by atoms with van der Waals surface area (Å²) in [7, 11) is 0. The van der Waals surface area contributed by atoms with Gasteiger partial charge in [0.2, 0.25) is 0 Å². The van der Waals surface area contributed by atoms with E-state index in [0.29, 0.717) is 0 Å². The molecule has 0 saturated carbocycles. The van der Waals surface area contributed by atoms with Crippen LogP contribution in [0.4, 0.5) is 0 Å². The second-order valence-corrected chi connectivity index (χ2v) is 9.78. The fraction of sp³-hybridized carbons (Fsp3) is 0. The van der Waals surface area contributed by atoms with E-state index >= 15 is 0 Å². The second kappa shape index (κ2) is 8.70. The number of para-hydroxylation sites is 1. The van der Waals surface area contributed by atoms with Gasteiger partial charge in [0.05, 0.1) is 11.4 Å². The molecule has 0 N–H and O–H groups in total. The molecule has 0 atom stereocenters. The van der Waals surface area contributed by atoms with Crippen LogP contribution >= 0.6 is 22.7 Å². The van der Waals surface area contributed by atoms with Crippen molar-refractivity contribution in [3.05, 3.63) is 126 Å². The molecule has 0 bridgehead atoms. The molecule has 0 saturated heterocycles. The first-order valence-corrected chi connectivity index (χ1v) is 12.7. The maximum atomic E-state index is 2.36. The molecule has 0 aliphatic carbocycles. The van der Waals surface area contributed by atoms with Crippen LogP contribution in [0.1, 0.15) is 0 Å². The highest BCUT2D eigenvalue weighted by molar-refractivity contribution is 7.13. The first kappa shape index (κ1) is 20.0. The van der Waals surface area contributed by atoms with Crippen LogP contribution in [0, 0.1) is 0 Å². The molecule has 33 heavy (non-hydrogen) atoms. The third kappa shape index (κ3) is 3.86. The summed E-state index contributed by atoms with van der Waals surface area (Å²) in [6.45, 7) is 0. The van der Waals surface area contributed by atoms with E-state index in [1.165, 1.54) is 43.4 Å². The van der Waals surface area contributed by atoms with E-state index in [1.54, 1.807) is 22.7 Å². The van der Waals surface area contributed by atoms with Crippen molar-refractivity contribution in [2.75, 3.05) is 0 Å². The van der Waals surface area contributed by atoms with Crippen molar-refractivity contribution in [1.82, 2.24) is 4.57 Å². The topological polar surface area (TPSA) is 4.93 Å². The smallest absolute Gasteiger partial charge is 0.0535 e. The van der Waals surface area contributed by atoms with E-state index in [2.05, 4.69) is 131 Å². The Morgan fingerprint density at radius 3 is 1.27 bits per heavy atom. The molecule has 0 aliphatic rings. The molecule has 0 amide bonds. The van der Waals surface area contributed by atoms with Gasteiger partial charge in [-0.1, -0.05) is 78.9 Å². The molecule has 3 heterocycles. The number of nitrogens with zero attached hydrogens (tertiary/aromatic N) is 1. The fourth-order valence-corrected chi connectivity index (χ4v) is 5.70. The molecule has 6 rings (SSSR count). The average molecular weight is 460 g/mol. The summed E-state index contributed by atoms with van der Waals surface area (Å²) in [5.41, 5.74) is 8.48. The number of aromatic nitrogens is 1. The van der Waals surface area contributed by atoms with E-state index in [4.69, 9.17) is 0 Å². The normalized spacial score (nSPS) is 11.0. The summed E-state index contributed by atoms with van der Waals surface area (Å²) < 4.78 is 2.36. The lowest BCUT2D eigenvalue weighted by atomic mass is 10.1. The van der Waals surface area contributed by atoms with E-state index < -0.39 is 0 Å². The van der Waals surface area contributed by atoms with Crippen LogP contribution < -0.4 is 0 Å². The highest BCUT2D eigenvalue weighted by Crippen LogP contribution is 2.35. The van der Waals surface area contributed by atoms with Crippen LogP contribution in [0.15, 0.2) is 126 Å². The predicted octanol–water partition coefficient (Wildman–Crippen LogP) is 9.27. The summed E-state index contributed by atoms with van der Waals surface area (Å²) in [5, 5.41) is 4.25. The molecule has 0 radical (unpaired) electrons. The molecule has 3 aromatic heterocycles. The Balaban J connectivity index is 1.44. The maximum Gasteiger partial charge on any atom is 0.0535 e. The Hall–Kier alpha value is -3.66. The van der Waals surface area contributed by atoms with E-state index in [-0.39, 0.29) is 0 Å². The van der Waals surface area contributed by atoms with Gasteiger partial charge in [0.15, 0.2) is 0 Å². The quantitative estimate of drug-likeness (QED) is 0.242. The number of hydrogen-bond donors (Lipinski definition) is 0. The van der Waals surface area contributed by atoms with Gasteiger partial charge in [-0.25, -0.2) is 0 Å². The number of benzene rings is 3. The molecule has 0 fully saturated rings. The van der Waals surface area contributed by atoms with Gasteiger partial charge in [0.1, 0.15) is 0 Å². The highest BCUT2D eigenvalue weighted by Gasteiger charge is 2.14. The summed E-state index contributed by atoms with van der Waals surface area (Å²) in [5.74, 6) is 0. The minimum Gasteiger partial charge on any atom is -0.309 e. The van der Waals surface area contributed by atoms with Gasteiger partial charge in [0, 0.05) is 15.4 Å². The van der Waals surface area contributed by atoms with Gasteiger partial charge in [-0.2, -0.15) is 0 Å². The van der Waals surface area contributed by atoms with Crippen molar-refractivity contribution < 1.29 is 0 Å². The Bertz CT molecular complexity index is 1360. The first-order valence-electron chi connectivity index (χ1n) is 10.9. The van der Waals surface area contributed by atoms with Crippen molar-refractivity contribution >= 4 is 22.7 Å². The Kier molecular flexibility index (Phi) is 5.27. The molecule has 0 spiro atoms. The van der Waals surface area contributed by atoms with Crippen LogP contribution in [-0.2, 0) is 0 Å². The lowest BCUT2D eigenvalue weighted by Gasteiger charge is -2.15. The summed E-state index contributed by atoms with van der Waals surface area (Å²) in [6, 6.07) is 41.4. The molecule has 0 unspecified atom stereocenters. The van der Waals surface area contributed by atoms with Crippen molar-refractivity contribution in [2.45, 2.75) is 0 Å². The van der Waals surface area contributed by atoms with Crippen LogP contribution in [0.3, 0.4) is 0 Å². The van der Waals surface area contributed by atoms with Crippen molar-refractivity contribution in [3.8, 4) is 49.1 Å². The number of hydrogen-bond acceptors (Lipinski definition) is 2. The van der Waals surface area contributed by atoms with Gasteiger partial charge < -0.3 is 4.57 Å². The van der Waals surface area contributed by atoms with Gasteiger partial charge in [-0.15, -0.1) is 22.7 Å². The van der Waals surface area contributed by atoms with E-state index in [0.717, 1.165) is 5.69 Å². The second-order valence-electron chi connectivity index (χ2n) is 7.88. The fourth-order valence-electron chi connectivity index (χ4n) is 4.24. The summed E-state index contributed by atoms with van der Waals surface area (Å²) in [6.07, 6.45) is 0. The zero-order valence-corrected chi connectivity index (χ0v) is 19.5.